The molecule has 1 radical (unpaired) electrons. The van der Waals surface area contributed by atoms with E-state index in [1.807, 2.05) is 36.5 Å². The summed E-state index contributed by atoms with van der Waals surface area (Å²) in [6, 6.07) is 77.8. The van der Waals surface area contributed by atoms with E-state index in [4.69, 9.17) is 15.0 Å². The average molecular weight is 931 g/mol. The van der Waals surface area contributed by atoms with Crippen LogP contribution in [0.4, 0.5) is 0 Å². The molecule has 0 N–H and O–H groups in total. The van der Waals surface area contributed by atoms with E-state index < -0.39 is 0 Å². The van der Waals surface area contributed by atoms with Crippen LogP contribution in [0.3, 0.4) is 0 Å². The van der Waals surface area contributed by atoms with Crippen molar-refractivity contribution >= 4 is 10.8 Å². The number of fused-ring (bicyclic) bond motifs is 1. The van der Waals surface area contributed by atoms with Gasteiger partial charge in [0.15, 0.2) is 0 Å². The number of benzene rings is 8. The summed E-state index contributed by atoms with van der Waals surface area (Å²) in [6.07, 6.45) is 1.86. The van der Waals surface area contributed by atoms with Crippen molar-refractivity contribution in [3.63, 3.8) is 0 Å². The van der Waals surface area contributed by atoms with E-state index in [1.165, 1.54) is 22.3 Å². The molecule has 0 spiro atoms. The molecule has 2 aromatic heterocycles. The minimum Gasteiger partial charge on any atom is -0.304 e. The van der Waals surface area contributed by atoms with Gasteiger partial charge in [0, 0.05) is 37.4 Å². The van der Waals surface area contributed by atoms with Gasteiger partial charge >= 0.3 is 0 Å². The first-order valence-electron chi connectivity index (χ1n) is 19.5. The molecule has 3 nitrogen and oxygen atoms in total. The van der Waals surface area contributed by atoms with Crippen LogP contribution in [0.5, 0.6) is 0 Å². The molecule has 0 atom stereocenters. The molecule has 0 saturated heterocycles. The summed E-state index contributed by atoms with van der Waals surface area (Å²) in [5.41, 5.74) is 15.6. The maximum Gasteiger partial charge on any atom is 0.142 e. The molecule has 59 heavy (non-hydrogen) atoms. The van der Waals surface area contributed by atoms with E-state index in [1.54, 1.807) is 0 Å². The van der Waals surface area contributed by atoms with Crippen LogP contribution in [0.15, 0.2) is 219 Å². The van der Waals surface area contributed by atoms with E-state index in [2.05, 4.69) is 188 Å². The molecule has 0 amide bonds. The molecule has 8 aromatic carbocycles. The smallest absolute Gasteiger partial charge is 0.142 e. The second kappa shape index (κ2) is 16.8. The Balaban J connectivity index is 0.00000449. The number of pyridine rings is 1. The Morgan fingerprint density at radius 3 is 1.39 bits per heavy atom. The second-order valence-corrected chi connectivity index (χ2v) is 14.4. The molecular weight excluding hydrogens is 895 g/mol. The van der Waals surface area contributed by atoms with Crippen LogP contribution in [-0.4, -0.2) is 15.0 Å². The Morgan fingerprint density at radius 2 is 0.797 bits per heavy atom. The van der Waals surface area contributed by atoms with E-state index in [0.717, 1.165) is 72.4 Å². The molecule has 10 aromatic rings. The van der Waals surface area contributed by atoms with Crippen LogP contribution in [0.1, 0.15) is 0 Å². The van der Waals surface area contributed by atoms with Crippen LogP contribution in [0.25, 0.3) is 100 Å². The Bertz CT molecular complexity index is 2990. The molecular formula is C55H36IrN3-. The third kappa shape index (κ3) is 7.93. The van der Waals surface area contributed by atoms with Gasteiger partial charge in [-0.25, -0.2) is 9.97 Å². The molecule has 4 heteroatoms. The normalized spacial score (nSPS) is 10.9. The van der Waals surface area contributed by atoms with E-state index in [9.17, 15) is 0 Å². The van der Waals surface area contributed by atoms with Crippen molar-refractivity contribution in [1.82, 2.24) is 15.0 Å². The zero-order valence-corrected chi connectivity index (χ0v) is 34.4. The number of rotatable bonds is 8. The Hall–Kier alpha value is -7.10. The van der Waals surface area contributed by atoms with Crippen molar-refractivity contribution in [2.24, 2.45) is 0 Å². The molecule has 281 valence electrons. The van der Waals surface area contributed by atoms with Crippen LogP contribution in [-0.2, 0) is 20.1 Å². The van der Waals surface area contributed by atoms with Gasteiger partial charge in [-0.2, -0.15) is 0 Å². The Labute approximate surface area is 358 Å². The van der Waals surface area contributed by atoms with Gasteiger partial charge in [0.2, 0.25) is 0 Å². The first-order chi connectivity index (χ1) is 28.7. The quantitative estimate of drug-likeness (QED) is 0.143. The van der Waals surface area contributed by atoms with Gasteiger partial charge in [-0.15, -0.1) is 29.8 Å². The predicted molar refractivity (Wildman–Crippen MR) is 240 cm³/mol. The SMILES string of the molecule is [Ir].[c-]1ccc(-c2nc(-c3cccc(-c4ccccc4)c3)cc(-c3cccc(-c4cc(-c5ccccc5)cc(-c5ccccc5)c4)c3)n2)cc1-c1nccc2ccccc12. The molecule has 10 rings (SSSR count). The Kier molecular flexibility index (Phi) is 10.7. The van der Waals surface area contributed by atoms with Crippen LogP contribution >= 0.6 is 0 Å². The zero-order valence-electron chi connectivity index (χ0n) is 32.0. The number of hydrogen-bond donors (Lipinski definition) is 0. The first kappa shape index (κ1) is 37.5. The number of hydrogen-bond acceptors (Lipinski definition) is 3. The number of nitrogens with zero attached hydrogens (tertiary/aromatic N) is 3. The summed E-state index contributed by atoms with van der Waals surface area (Å²) in [5.74, 6) is 0.635. The van der Waals surface area contributed by atoms with Gasteiger partial charge in [-0.05, 0) is 103 Å². The zero-order chi connectivity index (χ0) is 38.7. The summed E-state index contributed by atoms with van der Waals surface area (Å²) in [4.78, 5) is 15.4. The van der Waals surface area contributed by atoms with E-state index >= 15 is 0 Å². The van der Waals surface area contributed by atoms with Crippen molar-refractivity contribution < 1.29 is 20.1 Å². The van der Waals surface area contributed by atoms with Gasteiger partial charge < -0.3 is 4.98 Å². The van der Waals surface area contributed by atoms with Gasteiger partial charge in [-0.1, -0.05) is 157 Å². The molecule has 0 saturated carbocycles. The summed E-state index contributed by atoms with van der Waals surface area (Å²) in [7, 11) is 0. The predicted octanol–water partition coefficient (Wildman–Crippen LogP) is 14.2. The molecule has 2 heterocycles. The fraction of sp³-hybridized carbons (Fsp3) is 0. The molecule has 0 aliphatic heterocycles. The molecule has 0 aliphatic rings. The van der Waals surface area contributed by atoms with Gasteiger partial charge in [0.05, 0.1) is 11.4 Å². The monoisotopic (exact) mass is 931 g/mol. The van der Waals surface area contributed by atoms with E-state index in [-0.39, 0.29) is 20.1 Å². The first-order valence-corrected chi connectivity index (χ1v) is 19.5. The van der Waals surface area contributed by atoms with Gasteiger partial charge in [-0.3, -0.25) is 0 Å². The molecule has 0 unspecified atom stereocenters. The summed E-state index contributed by atoms with van der Waals surface area (Å²) >= 11 is 0. The van der Waals surface area contributed by atoms with Crippen LogP contribution in [0.2, 0.25) is 0 Å². The van der Waals surface area contributed by atoms with Gasteiger partial charge in [0.1, 0.15) is 5.82 Å². The third-order valence-corrected chi connectivity index (χ3v) is 10.6. The Morgan fingerprint density at radius 1 is 0.339 bits per heavy atom. The van der Waals surface area contributed by atoms with Gasteiger partial charge in [0.25, 0.3) is 0 Å². The van der Waals surface area contributed by atoms with Crippen molar-refractivity contribution in [3.8, 4) is 89.7 Å². The van der Waals surface area contributed by atoms with Crippen molar-refractivity contribution in [1.29, 1.82) is 0 Å². The third-order valence-electron chi connectivity index (χ3n) is 10.6. The van der Waals surface area contributed by atoms with Crippen molar-refractivity contribution in [2.75, 3.05) is 0 Å². The fourth-order valence-electron chi connectivity index (χ4n) is 7.68. The maximum absolute atomic E-state index is 5.30. The standard InChI is InChI=1S/C55H36N3.Ir/c1-4-15-38(16-5-1)42-22-12-24-44(31-42)52-37-53(58-55(57-52)47-27-14-26-46(33-47)54-51-28-11-10-21-41(51)29-30-56-54)45-25-13-23-43(32-45)50-35-48(39-17-6-2-7-18-39)34-49(36-50)40-19-8-3-9-20-40;/h1-25,27-37H;/q-1;. The fourth-order valence-corrected chi connectivity index (χ4v) is 7.68. The molecule has 0 bridgehead atoms. The largest absolute Gasteiger partial charge is 0.304 e. The molecule has 0 aliphatic carbocycles. The summed E-state index contributed by atoms with van der Waals surface area (Å²) in [5, 5.41) is 2.21. The minimum absolute atomic E-state index is 0. The number of aromatic nitrogens is 3. The minimum atomic E-state index is 0. The molecule has 0 fully saturated rings. The maximum atomic E-state index is 5.30. The van der Waals surface area contributed by atoms with Crippen molar-refractivity contribution in [3.05, 3.63) is 225 Å². The second-order valence-electron chi connectivity index (χ2n) is 14.4. The topological polar surface area (TPSA) is 38.7 Å². The summed E-state index contributed by atoms with van der Waals surface area (Å²) < 4.78 is 0. The average Bonchev–Trinajstić information content (AvgIpc) is 3.32. The van der Waals surface area contributed by atoms with Crippen LogP contribution < -0.4 is 0 Å². The summed E-state index contributed by atoms with van der Waals surface area (Å²) in [6.45, 7) is 0. The van der Waals surface area contributed by atoms with E-state index in [0.29, 0.717) is 5.82 Å². The van der Waals surface area contributed by atoms with Crippen molar-refractivity contribution in [2.45, 2.75) is 0 Å². The van der Waals surface area contributed by atoms with Crippen LogP contribution in [0, 0.1) is 6.07 Å².